The molecule has 3 heterocycles. The van der Waals surface area contributed by atoms with Gasteiger partial charge < -0.3 is 9.22 Å². The molecule has 196 valence electrons. The van der Waals surface area contributed by atoms with E-state index in [1.165, 1.54) is 19.3 Å². The first-order valence-corrected chi connectivity index (χ1v) is 14.8. The van der Waals surface area contributed by atoms with Crippen LogP contribution in [0.2, 0.25) is 0 Å². The van der Waals surface area contributed by atoms with E-state index >= 15 is 0 Å². The Morgan fingerprint density at radius 3 is 2.46 bits per heavy atom. The van der Waals surface area contributed by atoms with Gasteiger partial charge in [-0.15, -0.1) is 4.71 Å². The van der Waals surface area contributed by atoms with E-state index in [9.17, 15) is 14.1 Å². The second-order valence-corrected chi connectivity index (χ2v) is 14.0. The Morgan fingerprint density at radius 2 is 1.71 bits per heavy atom. The number of carbonyl (C=O) groups is 2. The number of fused-ring (bicyclic) bond motifs is 8. The van der Waals surface area contributed by atoms with Crippen molar-refractivity contribution < 1.29 is 28.0 Å². The van der Waals surface area contributed by atoms with Crippen molar-refractivity contribution in [3.8, 4) is 0 Å². The molecule has 0 aromatic carbocycles. The molecular weight excluding hydrogens is 443 g/mol. The maximum Gasteiger partial charge on any atom is 0.306 e. The summed E-state index contributed by atoms with van der Waals surface area (Å²) < 4.78 is 21.2. The van der Waals surface area contributed by atoms with Crippen molar-refractivity contribution in [2.45, 2.75) is 90.6 Å². The van der Waals surface area contributed by atoms with Gasteiger partial charge in [-0.05, 0) is 84.9 Å². The molecule has 5 nitrogen and oxygen atoms in total. The summed E-state index contributed by atoms with van der Waals surface area (Å²) in [7, 11) is 0. The van der Waals surface area contributed by atoms with Crippen molar-refractivity contribution in [3.63, 3.8) is 0 Å². The molecule has 4 aliphatic carbocycles. The highest BCUT2D eigenvalue weighted by Gasteiger charge is 2.60. The first-order chi connectivity index (χ1) is 16.6. The van der Waals surface area contributed by atoms with E-state index in [2.05, 4.69) is 13.8 Å². The molecule has 0 aromatic rings. The van der Waals surface area contributed by atoms with Crippen LogP contribution in [-0.2, 0) is 14.3 Å². The number of hydrogen-bond donors (Lipinski definition) is 0. The summed E-state index contributed by atoms with van der Waals surface area (Å²) in [5, 5.41) is 0. The lowest BCUT2D eigenvalue weighted by Crippen LogP contribution is -2.72. The van der Waals surface area contributed by atoms with Gasteiger partial charge in [0, 0.05) is 18.3 Å². The van der Waals surface area contributed by atoms with E-state index in [0.29, 0.717) is 49.1 Å². The lowest BCUT2D eigenvalue weighted by molar-refractivity contribution is -1.15. The molecule has 3 aliphatic heterocycles. The maximum absolute atomic E-state index is 14.4. The summed E-state index contributed by atoms with van der Waals surface area (Å²) in [6, 6.07) is 0. The van der Waals surface area contributed by atoms with Crippen LogP contribution >= 0.6 is 0 Å². The molecule has 2 bridgehead atoms. The van der Waals surface area contributed by atoms with Crippen molar-refractivity contribution in [2.24, 2.45) is 34.5 Å². The fourth-order valence-electron chi connectivity index (χ4n) is 10.1. The van der Waals surface area contributed by atoms with Crippen LogP contribution in [-0.4, -0.2) is 72.9 Å². The van der Waals surface area contributed by atoms with Crippen LogP contribution in [0.25, 0.3) is 0 Å². The Morgan fingerprint density at radius 1 is 0.971 bits per heavy atom. The largest absolute Gasteiger partial charge is 0.462 e. The third-order valence-corrected chi connectivity index (χ3v) is 12.6. The van der Waals surface area contributed by atoms with Gasteiger partial charge in [0.1, 0.15) is 31.5 Å². The highest BCUT2D eigenvalue weighted by Crippen LogP contribution is 2.65. The normalized spacial score (nSPS) is 50.8. The molecule has 0 spiro atoms. The Balaban J connectivity index is 1.00. The molecule has 35 heavy (non-hydrogen) atoms. The van der Waals surface area contributed by atoms with E-state index in [0.717, 1.165) is 87.4 Å². The minimum Gasteiger partial charge on any atom is -0.462 e. The van der Waals surface area contributed by atoms with Crippen molar-refractivity contribution >= 4 is 11.8 Å². The van der Waals surface area contributed by atoms with E-state index in [-0.39, 0.29) is 22.2 Å². The molecule has 3 saturated heterocycles. The Hall–Kier alpha value is -1.01. The monoisotopic (exact) mass is 490 g/mol. The fraction of sp³-hybridized carbons (Fsp3) is 0.931. The molecule has 0 amide bonds. The highest BCUT2D eigenvalue weighted by molar-refractivity contribution is 5.87. The lowest BCUT2D eigenvalue weighted by atomic mass is 9.45. The number of ketones is 1. The SMILES string of the molecule is C[C@]12CC[C@H](OC(=O)CCC[N+]34CC[N+](F)(CC3)CC4)CC1CC[C@@H]1[C@@H]2CC[C@]2(C)C(=O)CC[C@@H]12. The minimum absolute atomic E-state index is 0.0203. The summed E-state index contributed by atoms with van der Waals surface area (Å²) in [6.45, 7) is 10.5. The van der Waals surface area contributed by atoms with Gasteiger partial charge in [-0.3, -0.25) is 9.59 Å². The van der Waals surface area contributed by atoms with Crippen molar-refractivity contribution in [3.05, 3.63) is 0 Å². The predicted molar refractivity (Wildman–Crippen MR) is 132 cm³/mol. The standard InChI is InChI=1S/C29H47FN2O3/c1-28-11-9-22(35-27(34)4-3-13-31-14-17-32(30,18-15-31)19-16-31)20-21(28)5-6-23-24-7-8-26(33)29(24,2)12-10-25(23)28/h21-25H,3-20H2,1-2H3/q+2/t21?,22-,23-,24-,25-,28-,29-,31?,32?/m0/s1. The number of quaternary nitrogens is 2. The number of nitrogens with zero attached hydrogens (tertiary/aromatic N) is 2. The van der Waals surface area contributed by atoms with Gasteiger partial charge in [-0.1, -0.05) is 13.8 Å². The molecule has 0 radical (unpaired) electrons. The molecule has 7 aliphatic rings. The zero-order chi connectivity index (χ0) is 24.5. The van der Waals surface area contributed by atoms with E-state index in [4.69, 9.17) is 4.74 Å². The summed E-state index contributed by atoms with van der Waals surface area (Å²) in [5.74, 6) is 3.23. The number of ether oxygens (including phenoxy) is 1. The van der Waals surface area contributed by atoms with Crippen LogP contribution < -0.4 is 0 Å². The van der Waals surface area contributed by atoms with Crippen LogP contribution in [0.4, 0.5) is 4.48 Å². The second kappa shape index (κ2) is 8.51. The predicted octanol–water partition coefficient (Wildman–Crippen LogP) is 4.84. The van der Waals surface area contributed by atoms with Gasteiger partial charge >= 0.3 is 5.97 Å². The van der Waals surface area contributed by atoms with Gasteiger partial charge in [0.15, 0.2) is 19.6 Å². The first kappa shape index (κ1) is 24.3. The molecule has 0 N–H and O–H groups in total. The van der Waals surface area contributed by atoms with Crippen LogP contribution in [0.5, 0.6) is 0 Å². The van der Waals surface area contributed by atoms with Crippen molar-refractivity contribution in [1.29, 1.82) is 0 Å². The second-order valence-electron chi connectivity index (χ2n) is 14.0. The number of Topliss-reactive ketones (excluding diaryl/α,β-unsaturated/α-hetero) is 1. The van der Waals surface area contributed by atoms with Crippen LogP contribution in [0.15, 0.2) is 0 Å². The van der Waals surface area contributed by atoms with Crippen LogP contribution in [0.3, 0.4) is 0 Å². The fourth-order valence-corrected chi connectivity index (χ4v) is 10.1. The number of esters is 1. The van der Waals surface area contributed by atoms with Crippen LogP contribution in [0, 0.1) is 34.5 Å². The van der Waals surface area contributed by atoms with Crippen molar-refractivity contribution in [1.82, 2.24) is 0 Å². The van der Waals surface area contributed by atoms with Gasteiger partial charge in [0.2, 0.25) is 0 Å². The van der Waals surface area contributed by atoms with E-state index in [1.54, 1.807) is 0 Å². The summed E-state index contributed by atoms with van der Waals surface area (Å²) in [6.07, 6.45) is 11.4. The maximum atomic E-state index is 14.4. The van der Waals surface area contributed by atoms with Crippen LogP contribution in [0.1, 0.15) is 84.5 Å². The topological polar surface area (TPSA) is 43.4 Å². The van der Waals surface area contributed by atoms with E-state index < -0.39 is 0 Å². The minimum atomic E-state index is -0.233. The van der Waals surface area contributed by atoms with Gasteiger partial charge in [-0.25, -0.2) is 0 Å². The van der Waals surface area contributed by atoms with Gasteiger partial charge in [0.25, 0.3) is 0 Å². The molecule has 6 heteroatoms. The zero-order valence-corrected chi connectivity index (χ0v) is 22.1. The summed E-state index contributed by atoms with van der Waals surface area (Å²) >= 11 is 0. The molecule has 7 atom stereocenters. The lowest BCUT2D eigenvalue weighted by Gasteiger charge is -2.60. The number of halogens is 1. The summed E-state index contributed by atoms with van der Waals surface area (Å²) in [5.41, 5.74) is 0.306. The molecule has 0 aromatic heterocycles. The average Bonchev–Trinajstić information content (AvgIpc) is 3.15. The number of hydrogen-bond acceptors (Lipinski definition) is 3. The third-order valence-electron chi connectivity index (χ3n) is 12.6. The zero-order valence-electron chi connectivity index (χ0n) is 22.1. The number of piperazine rings is 3. The Bertz CT molecular complexity index is 853. The molecule has 1 unspecified atom stereocenters. The van der Waals surface area contributed by atoms with Gasteiger partial charge in [0.05, 0.1) is 13.0 Å². The molecule has 4 saturated carbocycles. The smallest absolute Gasteiger partial charge is 0.306 e. The van der Waals surface area contributed by atoms with Crippen molar-refractivity contribution in [2.75, 3.05) is 45.8 Å². The third kappa shape index (κ3) is 4.00. The number of carbonyl (C=O) groups excluding carboxylic acids is 2. The summed E-state index contributed by atoms with van der Waals surface area (Å²) in [4.78, 5) is 25.4. The molecular formula is C29H47FN2O3+2. The first-order valence-electron chi connectivity index (χ1n) is 14.8. The molecule has 7 fully saturated rings. The Kier molecular flexibility index (Phi) is 5.92. The Labute approximate surface area is 210 Å². The van der Waals surface area contributed by atoms with E-state index in [1.807, 2.05) is 0 Å². The molecule has 7 rings (SSSR count). The highest BCUT2D eigenvalue weighted by atomic mass is 19.2. The average molecular weight is 491 g/mol. The number of rotatable bonds is 5. The quantitative estimate of drug-likeness (QED) is 0.315. The van der Waals surface area contributed by atoms with Gasteiger partial charge in [-0.2, -0.15) is 0 Å².